The predicted octanol–water partition coefficient (Wildman–Crippen LogP) is 6.00. The number of fused-ring (bicyclic) bond motifs is 1. The van der Waals surface area contributed by atoms with Crippen molar-refractivity contribution in [1.29, 1.82) is 0 Å². The molecule has 0 bridgehead atoms. The monoisotopic (exact) mass is 328 g/mol. The van der Waals surface area contributed by atoms with E-state index in [9.17, 15) is 8.78 Å². The standard InChI is InChI=1S/C19H14F2OS/c1-22-19(11-2-3-11)12-4-7-18-15(8-12)16(10-23-18)14-6-5-13(20)9-17(14)21/h4-10H,2-3H2,1H3. The summed E-state index contributed by atoms with van der Waals surface area (Å²) in [4.78, 5) is 0. The van der Waals surface area contributed by atoms with Gasteiger partial charge in [-0.1, -0.05) is 0 Å². The molecule has 0 unspecified atom stereocenters. The zero-order valence-corrected chi connectivity index (χ0v) is 13.3. The third-order valence-electron chi connectivity index (χ3n) is 4.08. The van der Waals surface area contributed by atoms with Crippen molar-refractivity contribution in [2.45, 2.75) is 12.8 Å². The second-order valence-corrected chi connectivity index (χ2v) is 6.53. The molecule has 1 saturated carbocycles. The lowest BCUT2D eigenvalue weighted by Gasteiger charge is -2.08. The molecule has 0 saturated heterocycles. The van der Waals surface area contributed by atoms with E-state index in [4.69, 9.17) is 4.74 Å². The summed E-state index contributed by atoms with van der Waals surface area (Å²) in [5.41, 5.74) is 3.54. The summed E-state index contributed by atoms with van der Waals surface area (Å²) in [5.74, 6) is -0.183. The third kappa shape index (κ3) is 2.53. The Morgan fingerprint density at radius 3 is 2.57 bits per heavy atom. The van der Waals surface area contributed by atoms with E-state index >= 15 is 0 Å². The Labute approximate surface area is 136 Å². The molecule has 1 fully saturated rings. The first kappa shape index (κ1) is 14.4. The lowest BCUT2D eigenvalue weighted by atomic mass is 10.0. The first-order valence-electron chi connectivity index (χ1n) is 7.40. The molecular formula is C19H14F2OS. The van der Waals surface area contributed by atoms with Gasteiger partial charge >= 0.3 is 0 Å². The average molecular weight is 328 g/mol. The molecule has 116 valence electrons. The highest BCUT2D eigenvalue weighted by Crippen LogP contribution is 2.40. The summed E-state index contributed by atoms with van der Waals surface area (Å²) in [6.07, 6.45) is 2.15. The molecule has 0 atom stereocenters. The Morgan fingerprint density at radius 2 is 1.87 bits per heavy atom. The molecule has 0 aliphatic heterocycles. The fraction of sp³-hybridized carbons (Fsp3) is 0.158. The molecule has 2 aromatic carbocycles. The van der Waals surface area contributed by atoms with Crippen molar-refractivity contribution < 1.29 is 13.5 Å². The van der Waals surface area contributed by atoms with Crippen LogP contribution < -0.4 is 0 Å². The Bertz CT molecular complexity index is 934. The predicted molar refractivity (Wildman–Crippen MR) is 90.3 cm³/mol. The highest BCUT2D eigenvalue weighted by molar-refractivity contribution is 7.17. The maximum absolute atomic E-state index is 14.1. The first-order chi connectivity index (χ1) is 11.2. The zero-order chi connectivity index (χ0) is 16.0. The van der Waals surface area contributed by atoms with Gasteiger partial charge in [0.05, 0.1) is 7.11 Å². The van der Waals surface area contributed by atoms with E-state index in [0.717, 1.165) is 45.9 Å². The summed E-state index contributed by atoms with van der Waals surface area (Å²) in [7, 11) is 1.68. The molecule has 1 heterocycles. The lowest BCUT2D eigenvalue weighted by molar-refractivity contribution is 0.368. The van der Waals surface area contributed by atoms with Crippen molar-refractivity contribution in [3.63, 3.8) is 0 Å². The van der Waals surface area contributed by atoms with Crippen LogP contribution >= 0.6 is 11.3 Å². The van der Waals surface area contributed by atoms with Crippen LogP contribution in [0.15, 0.2) is 47.4 Å². The summed E-state index contributed by atoms with van der Waals surface area (Å²) < 4.78 is 33.9. The second kappa shape index (κ2) is 5.46. The minimum absolute atomic E-state index is 0.424. The Hall–Kier alpha value is -2.20. The quantitative estimate of drug-likeness (QED) is 0.536. The van der Waals surface area contributed by atoms with Crippen LogP contribution in [0.2, 0.25) is 0 Å². The number of allylic oxidation sites excluding steroid dienone is 1. The molecule has 1 aliphatic rings. The number of methoxy groups -OCH3 is 1. The van der Waals surface area contributed by atoms with Crippen LogP contribution in [0.25, 0.3) is 27.0 Å². The van der Waals surface area contributed by atoms with E-state index in [1.807, 2.05) is 23.6 Å². The van der Waals surface area contributed by atoms with Gasteiger partial charge in [-0.05, 0) is 54.1 Å². The van der Waals surface area contributed by atoms with Gasteiger partial charge < -0.3 is 4.74 Å². The highest BCUT2D eigenvalue weighted by Gasteiger charge is 2.21. The van der Waals surface area contributed by atoms with Crippen molar-refractivity contribution in [1.82, 2.24) is 0 Å². The molecule has 0 amide bonds. The number of ether oxygens (including phenoxy) is 1. The molecule has 23 heavy (non-hydrogen) atoms. The Kier molecular flexibility index (Phi) is 3.42. The van der Waals surface area contributed by atoms with Crippen molar-refractivity contribution in [3.8, 4) is 11.1 Å². The van der Waals surface area contributed by atoms with Crippen molar-refractivity contribution >= 4 is 27.2 Å². The molecule has 1 aliphatic carbocycles. The van der Waals surface area contributed by atoms with Gasteiger partial charge in [-0.15, -0.1) is 11.3 Å². The summed E-state index contributed by atoms with van der Waals surface area (Å²) in [6, 6.07) is 9.81. The van der Waals surface area contributed by atoms with Crippen LogP contribution in [0.1, 0.15) is 18.4 Å². The molecule has 3 aromatic rings. The maximum atomic E-state index is 14.1. The number of hydrogen-bond donors (Lipinski definition) is 0. The molecule has 1 aromatic heterocycles. The number of halogens is 2. The van der Waals surface area contributed by atoms with E-state index in [-0.39, 0.29) is 0 Å². The molecule has 4 rings (SSSR count). The minimum Gasteiger partial charge on any atom is -0.496 e. The SMILES string of the molecule is COC(=C1CC1)c1ccc2scc(-c3ccc(F)cc3F)c2c1. The maximum Gasteiger partial charge on any atom is 0.133 e. The van der Waals surface area contributed by atoms with Gasteiger partial charge in [-0.2, -0.15) is 0 Å². The fourth-order valence-electron chi connectivity index (χ4n) is 2.84. The Morgan fingerprint density at radius 1 is 1.04 bits per heavy atom. The van der Waals surface area contributed by atoms with E-state index in [1.165, 1.54) is 17.7 Å². The van der Waals surface area contributed by atoms with Crippen LogP contribution in [0.5, 0.6) is 0 Å². The summed E-state index contributed by atoms with van der Waals surface area (Å²) >= 11 is 1.56. The van der Waals surface area contributed by atoms with E-state index < -0.39 is 11.6 Å². The molecule has 1 nitrogen and oxygen atoms in total. The molecule has 4 heteroatoms. The van der Waals surface area contributed by atoms with Gasteiger partial charge in [0.2, 0.25) is 0 Å². The first-order valence-corrected chi connectivity index (χ1v) is 8.28. The largest absolute Gasteiger partial charge is 0.496 e. The van der Waals surface area contributed by atoms with Crippen LogP contribution in [0, 0.1) is 11.6 Å². The number of benzene rings is 2. The van der Waals surface area contributed by atoms with Gasteiger partial charge in [0.15, 0.2) is 0 Å². The molecule has 0 radical (unpaired) electrons. The topological polar surface area (TPSA) is 9.23 Å². The fourth-order valence-corrected chi connectivity index (χ4v) is 3.78. The van der Waals surface area contributed by atoms with Crippen molar-refractivity contribution in [3.05, 3.63) is 64.5 Å². The highest BCUT2D eigenvalue weighted by atomic mass is 32.1. The van der Waals surface area contributed by atoms with Gasteiger partial charge in [-0.3, -0.25) is 0 Å². The van der Waals surface area contributed by atoms with Crippen LogP contribution in [0.3, 0.4) is 0 Å². The second-order valence-electron chi connectivity index (χ2n) is 5.62. The van der Waals surface area contributed by atoms with Crippen LogP contribution in [-0.4, -0.2) is 7.11 Å². The van der Waals surface area contributed by atoms with Crippen LogP contribution in [0.4, 0.5) is 8.78 Å². The average Bonchev–Trinajstić information content (AvgIpc) is 3.28. The Balaban J connectivity index is 1.90. The van der Waals surface area contributed by atoms with Gasteiger partial charge in [0.25, 0.3) is 0 Å². The summed E-state index contributed by atoms with van der Waals surface area (Å²) in [6.45, 7) is 0. The smallest absolute Gasteiger partial charge is 0.133 e. The molecular weight excluding hydrogens is 314 g/mol. The van der Waals surface area contributed by atoms with E-state index in [1.54, 1.807) is 18.4 Å². The third-order valence-corrected chi connectivity index (χ3v) is 5.05. The number of hydrogen-bond acceptors (Lipinski definition) is 2. The van der Waals surface area contributed by atoms with Gasteiger partial charge in [-0.25, -0.2) is 8.78 Å². The zero-order valence-electron chi connectivity index (χ0n) is 12.5. The summed E-state index contributed by atoms with van der Waals surface area (Å²) in [5, 5.41) is 2.88. The molecule has 0 N–H and O–H groups in total. The number of rotatable bonds is 3. The normalized spacial score (nSPS) is 13.4. The van der Waals surface area contributed by atoms with Crippen LogP contribution in [-0.2, 0) is 4.74 Å². The van der Waals surface area contributed by atoms with E-state index in [0.29, 0.717) is 5.56 Å². The van der Waals surface area contributed by atoms with E-state index in [2.05, 4.69) is 0 Å². The lowest BCUT2D eigenvalue weighted by Crippen LogP contribution is -1.88. The minimum atomic E-state index is -0.563. The number of thiophene rings is 1. The van der Waals surface area contributed by atoms with Crippen molar-refractivity contribution in [2.24, 2.45) is 0 Å². The van der Waals surface area contributed by atoms with Gasteiger partial charge in [0, 0.05) is 32.8 Å². The van der Waals surface area contributed by atoms with Crippen molar-refractivity contribution in [2.75, 3.05) is 7.11 Å². The van der Waals surface area contributed by atoms with Gasteiger partial charge in [0.1, 0.15) is 17.4 Å². The molecule has 0 spiro atoms.